The van der Waals surface area contributed by atoms with Crippen molar-refractivity contribution in [2.75, 3.05) is 10.1 Å². The third-order valence-corrected chi connectivity index (χ3v) is 5.53. The highest BCUT2D eigenvalue weighted by Crippen LogP contribution is 2.30. The van der Waals surface area contributed by atoms with E-state index in [1.54, 1.807) is 18.3 Å². The molecule has 10 heteroatoms. The first-order valence-corrected chi connectivity index (χ1v) is 10.5. The number of nitrogens with one attached hydrogen (secondary N) is 2. The average molecular weight is 425 g/mol. The maximum atomic E-state index is 12.8. The maximum Gasteiger partial charge on any atom is 0.270 e. The molecule has 2 rings (SSSR count). The molecule has 0 aromatic heterocycles. The first-order chi connectivity index (χ1) is 13.3. The molecule has 0 spiro atoms. The zero-order valence-electron chi connectivity index (χ0n) is 15.3. The van der Waals surface area contributed by atoms with Crippen molar-refractivity contribution in [1.29, 1.82) is 0 Å². The number of hydrogen-bond acceptors (Lipinski definition) is 6. The number of para-hydroxylation sites is 1. The van der Waals surface area contributed by atoms with Gasteiger partial charge in [-0.3, -0.25) is 20.3 Å². The zero-order chi connectivity index (χ0) is 20.6. The van der Waals surface area contributed by atoms with Gasteiger partial charge in [0, 0.05) is 18.3 Å². The van der Waals surface area contributed by atoms with Gasteiger partial charge in [0.05, 0.1) is 21.3 Å². The highest BCUT2D eigenvalue weighted by Gasteiger charge is 2.23. The molecule has 0 bridgehead atoms. The zero-order valence-corrected chi connectivity index (χ0v) is 16.8. The summed E-state index contributed by atoms with van der Waals surface area (Å²) in [7, 11) is -4.15. The van der Waals surface area contributed by atoms with Gasteiger partial charge < -0.3 is 0 Å². The van der Waals surface area contributed by atoms with Crippen LogP contribution in [0.1, 0.15) is 32.6 Å². The minimum absolute atomic E-state index is 0.122. The van der Waals surface area contributed by atoms with E-state index in [-0.39, 0.29) is 27.0 Å². The third kappa shape index (κ3) is 5.93. The van der Waals surface area contributed by atoms with Gasteiger partial charge in [-0.2, -0.15) is 5.10 Å². The molecule has 2 aromatic carbocycles. The predicted octanol–water partition coefficient (Wildman–Crippen LogP) is 5.03. The molecule has 0 aliphatic carbocycles. The lowest BCUT2D eigenvalue weighted by molar-refractivity contribution is -0.385. The first kappa shape index (κ1) is 21.6. The highest BCUT2D eigenvalue weighted by molar-refractivity contribution is 7.93. The number of anilines is 2. The van der Waals surface area contributed by atoms with E-state index in [0.717, 1.165) is 31.7 Å². The van der Waals surface area contributed by atoms with Crippen LogP contribution in [0.25, 0.3) is 0 Å². The number of nitro benzene ring substituents is 1. The molecule has 0 saturated heterocycles. The van der Waals surface area contributed by atoms with E-state index >= 15 is 0 Å². The van der Waals surface area contributed by atoms with Gasteiger partial charge in [0.15, 0.2) is 0 Å². The number of non-ortho nitro benzene ring substituents is 1. The van der Waals surface area contributed by atoms with Crippen molar-refractivity contribution in [1.82, 2.24) is 0 Å². The molecule has 2 N–H and O–H groups in total. The fourth-order valence-corrected chi connectivity index (χ4v) is 3.84. The minimum atomic E-state index is -4.15. The van der Waals surface area contributed by atoms with Crippen LogP contribution in [0.3, 0.4) is 0 Å². The number of rotatable bonds is 10. The SMILES string of the molecule is CCCCC/C=N/Nc1ccc([N+](=O)[O-])cc1S(=O)(=O)Nc1ccccc1Cl. The van der Waals surface area contributed by atoms with Gasteiger partial charge >= 0.3 is 0 Å². The second kappa shape index (κ2) is 10.0. The second-order valence-corrected chi connectivity index (χ2v) is 8.00. The Hall–Kier alpha value is -2.65. The van der Waals surface area contributed by atoms with Gasteiger partial charge in [-0.15, -0.1) is 0 Å². The van der Waals surface area contributed by atoms with Gasteiger partial charge in [0.25, 0.3) is 15.7 Å². The van der Waals surface area contributed by atoms with Crippen LogP contribution in [-0.4, -0.2) is 19.6 Å². The molecule has 0 aliphatic heterocycles. The monoisotopic (exact) mass is 424 g/mol. The fourth-order valence-electron chi connectivity index (χ4n) is 2.35. The Balaban J connectivity index is 2.32. The smallest absolute Gasteiger partial charge is 0.270 e. The Morgan fingerprint density at radius 1 is 1.18 bits per heavy atom. The first-order valence-electron chi connectivity index (χ1n) is 8.68. The lowest BCUT2D eigenvalue weighted by Crippen LogP contribution is -2.15. The number of hydrogen-bond donors (Lipinski definition) is 2. The summed E-state index contributed by atoms with van der Waals surface area (Å²) in [5.74, 6) is 0. The van der Waals surface area contributed by atoms with E-state index in [0.29, 0.717) is 0 Å². The number of nitrogens with zero attached hydrogens (tertiary/aromatic N) is 2. The van der Waals surface area contributed by atoms with Crippen molar-refractivity contribution >= 4 is 44.9 Å². The number of halogens is 1. The average Bonchev–Trinajstić information content (AvgIpc) is 2.66. The fraction of sp³-hybridized carbons (Fsp3) is 0.278. The van der Waals surface area contributed by atoms with E-state index < -0.39 is 14.9 Å². The van der Waals surface area contributed by atoms with Crippen molar-refractivity contribution in [3.05, 3.63) is 57.6 Å². The number of nitro groups is 1. The maximum absolute atomic E-state index is 12.8. The molecule has 0 heterocycles. The molecule has 150 valence electrons. The number of hydrazone groups is 1. The quantitative estimate of drug-likeness (QED) is 0.240. The van der Waals surface area contributed by atoms with E-state index in [9.17, 15) is 18.5 Å². The molecule has 2 aromatic rings. The third-order valence-electron chi connectivity index (χ3n) is 3.80. The van der Waals surface area contributed by atoms with Crippen LogP contribution in [0.4, 0.5) is 17.1 Å². The molecule has 0 saturated carbocycles. The summed E-state index contributed by atoms with van der Waals surface area (Å²) in [5.41, 5.74) is 2.60. The molecule has 0 aliphatic rings. The van der Waals surface area contributed by atoms with E-state index in [2.05, 4.69) is 22.2 Å². The van der Waals surface area contributed by atoms with Gasteiger partial charge in [-0.25, -0.2) is 8.42 Å². The Bertz CT molecular complexity index is 964. The summed E-state index contributed by atoms with van der Waals surface area (Å²) in [6.07, 6.45) is 5.52. The topological polar surface area (TPSA) is 114 Å². The Labute approximate surface area is 168 Å². The van der Waals surface area contributed by atoms with Gasteiger partial charge in [0.2, 0.25) is 0 Å². The summed E-state index contributed by atoms with van der Waals surface area (Å²) in [5, 5.41) is 15.3. The molecule has 8 nitrogen and oxygen atoms in total. The summed E-state index contributed by atoms with van der Waals surface area (Å²) >= 11 is 6.01. The number of sulfonamides is 1. The lowest BCUT2D eigenvalue weighted by Gasteiger charge is -2.12. The van der Waals surface area contributed by atoms with E-state index in [4.69, 9.17) is 11.6 Å². The molecular formula is C18H21ClN4O4S. The van der Waals surface area contributed by atoms with Gasteiger partial charge in [0.1, 0.15) is 4.90 Å². The normalized spacial score (nSPS) is 11.5. The van der Waals surface area contributed by atoms with Crippen molar-refractivity contribution in [2.24, 2.45) is 5.10 Å². The van der Waals surface area contributed by atoms with Gasteiger partial charge in [-0.05, 0) is 31.0 Å². The molecule has 28 heavy (non-hydrogen) atoms. The van der Waals surface area contributed by atoms with Crippen molar-refractivity contribution < 1.29 is 13.3 Å². The minimum Gasteiger partial charge on any atom is -0.278 e. The van der Waals surface area contributed by atoms with E-state index in [1.807, 2.05) is 0 Å². The van der Waals surface area contributed by atoms with Crippen LogP contribution in [0, 0.1) is 10.1 Å². The van der Waals surface area contributed by atoms with Crippen LogP contribution >= 0.6 is 11.6 Å². The highest BCUT2D eigenvalue weighted by atomic mass is 35.5. The van der Waals surface area contributed by atoms with E-state index in [1.165, 1.54) is 24.3 Å². The molecule has 0 amide bonds. The van der Waals surface area contributed by atoms with Gasteiger partial charge in [-0.1, -0.05) is 43.5 Å². The number of unbranched alkanes of at least 4 members (excludes halogenated alkanes) is 3. The van der Waals surface area contributed by atoms with Crippen LogP contribution in [0.15, 0.2) is 52.5 Å². The molecule has 0 radical (unpaired) electrons. The molecule has 0 fully saturated rings. The molecule has 0 unspecified atom stereocenters. The van der Waals surface area contributed by atoms with Crippen molar-refractivity contribution in [2.45, 2.75) is 37.5 Å². The summed E-state index contributed by atoms with van der Waals surface area (Å²) < 4.78 is 28.0. The van der Waals surface area contributed by atoms with Crippen molar-refractivity contribution in [3.8, 4) is 0 Å². The number of benzene rings is 2. The summed E-state index contributed by atoms with van der Waals surface area (Å²) in [6, 6.07) is 9.81. The molecular weight excluding hydrogens is 404 g/mol. The Morgan fingerprint density at radius 2 is 1.93 bits per heavy atom. The lowest BCUT2D eigenvalue weighted by atomic mass is 10.2. The summed E-state index contributed by atoms with van der Waals surface area (Å²) in [4.78, 5) is 10.1. The van der Waals surface area contributed by atoms with Crippen LogP contribution in [0.5, 0.6) is 0 Å². The summed E-state index contributed by atoms with van der Waals surface area (Å²) in [6.45, 7) is 2.09. The van der Waals surface area contributed by atoms with Crippen LogP contribution in [-0.2, 0) is 10.0 Å². The standard InChI is InChI=1S/C18H21ClN4O4S/c1-2-3-4-7-12-20-21-17-11-10-14(23(24)25)13-18(17)28(26,27)22-16-9-6-5-8-15(16)19/h5-6,8-13,21-22H,2-4,7H2,1H3/b20-12+. The Kier molecular flexibility index (Phi) is 7.77. The van der Waals surface area contributed by atoms with Crippen LogP contribution in [0.2, 0.25) is 5.02 Å². The van der Waals surface area contributed by atoms with Crippen LogP contribution < -0.4 is 10.1 Å². The Morgan fingerprint density at radius 3 is 2.61 bits per heavy atom. The molecule has 0 atom stereocenters. The second-order valence-electron chi connectivity index (χ2n) is 5.94. The predicted molar refractivity (Wildman–Crippen MR) is 112 cm³/mol. The largest absolute Gasteiger partial charge is 0.278 e. The van der Waals surface area contributed by atoms with Crippen molar-refractivity contribution in [3.63, 3.8) is 0 Å².